The van der Waals surface area contributed by atoms with Crippen LogP contribution < -0.4 is 10.6 Å². The third kappa shape index (κ3) is 3.63. The zero-order valence-electron chi connectivity index (χ0n) is 13.9. The standard InChI is InChI=1S/C19H18N2O4/c1-11-8-15(12(2)25-11)19(24)20-10-18(23)21-17-5-3-4-13-6-7-14(22)9-16(13)17/h3-9,22H,10H2,1-2H3,(H,20,24)(H,21,23). The molecule has 3 aromatic rings. The number of hydrogen-bond donors (Lipinski definition) is 3. The molecule has 0 aliphatic heterocycles. The number of carbonyl (C=O) groups excluding carboxylic acids is 2. The molecular formula is C19H18N2O4. The van der Waals surface area contributed by atoms with E-state index in [1.165, 1.54) is 0 Å². The summed E-state index contributed by atoms with van der Waals surface area (Å²) in [5, 5.41) is 16.6. The van der Waals surface area contributed by atoms with Gasteiger partial charge >= 0.3 is 0 Å². The molecule has 0 saturated carbocycles. The van der Waals surface area contributed by atoms with Crippen LogP contribution in [0.3, 0.4) is 0 Å². The molecule has 128 valence electrons. The Morgan fingerprint density at radius 2 is 1.92 bits per heavy atom. The summed E-state index contributed by atoms with van der Waals surface area (Å²) in [6.07, 6.45) is 0. The van der Waals surface area contributed by atoms with Gasteiger partial charge in [0.2, 0.25) is 5.91 Å². The molecular weight excluding hydrogens is 320 g/mol. The van der Waals surface area contributed by atoms with Crippen molar-refractivity contribution < 1.29 is 19.1 Å². The van der Waals surface area contributed by atoms with Gasteiger partial charge in [0.1, 0.15) is 17.3 Å². The Morgan fingerprint density at radius 3 is 2.64 bits per heavy atom. The predicted molar refractivity (Wildman–Crippen MR) is 94.8 cm³/mol. The molecule has 6 heteroatoms. The number of carbonyl (C=O) groups is 2. The topological polar surface area (TPSA) is 91.6 Å². The first kappa shape index (κ1) is 16.6. The van der Waals surface area contributed by atoms with E-state index in [1.54, 1.807) is 44.2 Å². The zero-order chi connectivity index (χ0) is 18.0. The average Bonchev–Trinajstić information content (AvgIpc) is 2.92. The minimum absolute atomic E-state index is 0.119. The Balaban J connectivity index is 1.68. The van der Waals surface area contributed by atoms with Crippen molar-refractivity contribution in [3.8, 4) is 5.75 Å². The molecule has 0 radical (unpaired) electrons. The van der Waals surface area contributed by atoms with Crippen LogP contribution in [0.15, 0.2) is 46.9 Å². The Morgan fingerprint density at radius 1 is 1.12 bits per heavy atom. The monoisotopic (exact) mass is 338 g/mol. The summed E-state index contributed by atoms with van der Waals surface area (Å²) >= 11 is 0. The lowest BCUT2D eigenvalue weighted by atomic mass is 10.1. The van der Waals surface area contributed by atoms with E-state index in [-0.39, 0.29) is 24.1 Å². The number of phenolic OH excluding ortho intramolecular Hbond substituents is 1. The molecule has 0 atom stereocenters. The smallest absolute Gasteiger partial charge is 0.255 e. The number of amides is 2. The summed E-state index contributed by atoms with van der Waals surface area (Å²) in [4.78, 5) is 24.3. The third-order valence-corrected chi connectivity index (χ3v) is 3.83. The molecule has 0 fully saturated rings. The summed E-state index contributed by atoms with van der Waals surface area (Å²) in [7, 11) is 0. The summed E-state index contributed by atoms with van der Waals surface area (Å²) in [5.74, 6) is 0.554. The highest BCUT2D eigenvalue weighted by Crippen LogP contribution is 2.26. The van der Waals surface area contributed by atoms with Crippen LogP contribution in [0.4, 0.5) is 5.69 Å². The zero-order valence-corrected chi connectivity index (χ0v) is 13.9. The van der Waals surface area contributed by atoms with E-state index in [0.717, 1.165) is 10.8 Å². The van der Waals surface area contributed by atoms with Crippen molar-refractivity contribution in [3.63, 3.8) is 0 Å². The van der Waals surface area contributed by atoms with Crippen LogP contribution in [0, 0.1) is 13.8 Å². The molecule has 25 heavy (non-hydrogen) atoms. The number of anilines is 1. The van der Waals surface area contributed by atoms with Crippen LogP contribution in [-0.4, -0.2) is 23.5 Å². The van der Waals surface area contributed by atoms with Gasteiger partial charge in [0.05, 0.1) is 12.1 Å². The van der Waals surface area contributed by atoms with Gasteiger partial charge in [0.15, 0.2) is 0 Å². The quantitative estimate of drug-likeness (QED) is 0.681. The van der Waals surface area contributed by atoms with Crippen molar-refractivity contribution in [2.45, 2.75) is 13.8 Å². The summed E-state index contributed by atoms with van der Waals surface area (Å²) in [6.45, 7) is 3.29. The normalized spacial score (nSPS) is 10.6. The number of rotatable bonds is 4. The Hall–Kier alpha value is -3.28. The van der Waals surface area contributed by atoms with Gasteiger partial charge in [-0.15, -0.1) is 0 Å². The lowest BCUT2D eigenvalue weighted by molar-refractivity contribution is -0.115. The van der Waals surface area contributed by atoms with Crippen molar-refractivity contribution in [2.75, 3.05) is 11.9 Å². The molecule has 0 unspecified atom stereocenters. The SMILES string of the molecule is Cc1cc(C(=O)NCC(=O)Nc2cccc3ccc(O)cc23)c(C)o1. The molecule has 0 spiro atoms. The van der Waals surface area contributed by atoms with E-state index < -0.39 is 0 Å². The maximum absolute atomic E-state index is 12.2. The van der Waals surface area contributed by atoms with E-state index in [1.807, 2.05) is 12.1 Å². The molecule has 0 aliphatic carbocycles. The average molecular weight is 338 g/mol. The first-order chi connectivity index (χ1) is 11.9. The van der Waals surface area contributed by atoms with Gasteiger partial charge in [0, 0.05) is 11.1 Å². The van der Waals surface area contributed by atoms with Gasteiger partial charge < -0.3 is 20.2 Å². The predicted octanol–water partition coefficient (Wildman–Crippen LogP) is 3.12. The number of aromatic hydroxyl groups is 1. The maximum Gasteiger partial charge on any atom is 0.255 e. The van der Waals surface area contributed by atoms with Crippen molar-refractivity contribution in [2.24, 2.45) is 0 Å². The number of fused-ring (bicyclic) bond motifs is 1. The lowest BCUT2D eigenvalue weighted by Crippen LogP contribution is -2.33. The van der Waals surface area contributed by atoms with E-state index in [4.69, 9.17) is 4.42 Å². The molecule has 3 N–H and O–H groups in total. The van der Waals surface area contributed by atoms with Crippen molar-refractivity contribution >= 4 is 28.3 Å². The van der Waals surface area contributed by atoms with E-state index in [0.29, 0.717) is 22.8 Å². The van der Waals surface area contributed by atoms with Crippen molar-refractivity contribution in [1.82, 2.24) is 5.32 Å². The molecule has 0 aliphatic rings. The van der Waals surface area contributed by atoms with Crippen LogP contribution in [0.1, 0.15) is 21.9 Å². The van der Waals surface area contributed by atoms with Crippen LogP contribution in [0.5, 0.6) is 5.75 Å². The minimum atomic E-state index is -0.361. The second kappa shape index (κ2) is 6.68. The Kier molecular flexibility index (Phi) is 4.43. The number of benzene rings is 2. The molecule has 1 aromatic heterocycles. The highest BCUT2D eigenvalue weighted by molar-refractivity contribution is 6.04. The molecule has 6 nitrogen and oxygen atoms in total. The minimum Gasteiger partial charge on any atom is -0.508 e. The Bertz CT molecular complexity index is 959. The van der Waals surface area contributed by atoms with Gasteiger partial charge in [0.25, 0.3) is 5.91 Å². The van der Waals surface area contributed by atoms with Crippen molar-refractivity contribution in [1.29, 1.82) is 0 Å². The Labute approximate surface area is 144 Å². The van der Waals surface area contributed by atoms with Crippen LogP contribution in [0.2, 0.25) is 0 Å². The third-order valence-electron chi connectivity index (χ3n) is 3.83. The first-order valence-electron chi connectivity index (χ1n) is 7.81. The van der Waals surface area contributed by atoms with Crippen LogP contribution >= 0.6 is 0 Å². The number of furan rings is 1. The fourth-order valence-corrected chi connectivity index (χ4v) is 2.68. The van der Waals surface area contributed by atoms with E-state index in [2.05, 4.69) is 10.6 Å². The molecule has 2 aromatic carbocycles. The second-order valence-electron chi connectivity index (χ2n) is 5.77. The highest BCUT2D eigenvalue weighted by Gasteiger charge is 2.14. The van der Waals surface area contributed by atoms with Gasteiger partial charge in [-0.3, -0.25) is 9.59 Å². The number of aryl methyl sites for hydroxylation is 2. The van der Waals surface area contributed by atoms with Gasteiger partial charge in [-0.25, -0.2) is 0 Å². The molecule has 3 rings (SSSR count). The summed E-state index contributed by atoms with van der Waals surface area (Å²) < 4.78 is 5.31. The molecule has 1 heterocycles. The lowest BCUT2D eigenvalue weighted by Gasteiger charge is -2.10. The maximum atomic E-state index is 12.2. The molecule has 2 amide bonds. The number of hydrogen-bond acceptors (Lipinski definition) is 4. The van der Waals surface area contributed by atoms with E-state index in [9.17, 15) is 14.7 Å². The fourth-order valence-electron chi connectivity index (χ4n) is 2.68. The second-order valence-corrected chi connectivity index (χ2v) is 5.77. The van der Waals surface area contributed by atoms with Crippen LogP contribution in [-0.2, 0) is 4.79 Å². The van der Waals surface area contributed by atoms with Gasteiger partial charge in [-0.1, -0.05) is 18.2 Å². The van der Waals surface area contributed by atoms with Gasteiger partial charge in [-0.05, 0) is 43.5 Å². The van der Waals surface area contributed by atoms with E-state index >= 15 is 0 Å². The largest absolute Gasteiger partial charge is 0.508 e. The summed E-state index contributed by atoms with van der Waals surface area (Å²) in [5.41, 5.74) is 0.989. The van der Waals surface area contributed by atoms with Gasteiger partial charge in [-0.2, -0.15) is 0 Å². The number of nitrogens with one attached hydrogen (secondary N) is 2. The molecule has 0 bridgehead atoms. The van der Waals surface area contributed by atoms with Crippen molar-refractivity contribution in [3.05, 3.63) is 59.5 Å². The first-order valence-corrected chi connectivity index (χ1v) is 7.81. The van der Waals surface area contributed by atoms with Crippen LogP contribution in [0.25, 0.3) is 10.8 Å². The molecule has 0 saturated heterocycles. The fraction of sp³-hybridized carbons (Fsp3) is 0.158. The highest BCUT2D eigenvalue weighted by atomic mass is 16.3. The summed E-state index contributed by atoms with van der Waals surface area (Å²) in [6, 6.07) is 12.0. The number of phenols is 1.